The summed E-state index contributed by atoms with van der Waals surface area (Å²) in [4.78, 5) is 22.0. The van der Waals surface area contributed by atoms with E-state index in [4.69, 9.17) is 4.74 Å². The molecule has 0 aliphatic rings. The van der Waals surface area contributed by atoms with Gasteiger partial charge in [0.15, 0.2) is 5.75 Å². The van der Waals surface area contributed by atoms with Crippen molar-refractivity contribution in [2.45, 2.75) is 19.9 Å². The third kappa shape index (κ3) is 3.57. The van der Waals surface area contributed by atoms with Crippen LogP contribution < -0.4 is 15.4 Å². The number of amides is 1. The zero-order chi connectivity index (χ0) is 14.4. The third-order valence-electron chi connectivity index (χ3n) is 2.49. The van der Waals surface area contributed by atoms with Gasteiger partial charge < -0.3 is 15.4 Å². The Hall–Kier alpha value is -2.31. The predicted molar refractivity (Wildman–Crippen MR) is 71.4 cm³/mol. The van der Waals surface area contributed by atoms with Gasteiger partial charge in [-0.05, 0) is 26.0 Å². The SMILES string of the molecule is CCOc1cccc(NC(C)C(=O)NC)c1[N+](=O)[O-]. The first kappa shape index (κ1) is 14.7. The number of nitro benzene ring substituents is 1. The van der Waals surface area contributed by atoms with Gasteiger partial charge in [0.2, 0.25) is 5.91 Å². The molecule has 1 rings (SSSR count). The topological polar surface area (TPSA) is 93.5 Å². The molecule has 1 aromatic rings. The summed E-state index contributed by atoms with van der Waals surface area (Å²) < 4.78 is 5.23. The van der Waals surface area contributed by atoms with Gasteiger partial charge in [-0.1, -0.05) is 6.07 Å². The van der Waals surface area contributed by atoms with E-state index in [0.29, 0.717) is 6.61 Å². The zero-order valence-corrected chi connectivity index (χ0v) is 11.1. The minimum absolute atomic E-state index is 0.167. The summed E-state index contributed by atoms with van der Waals surface area (Å²) in [6, 6.07) is 4.12. The molecule has 0 saturated heterocycles. The average Bonchev–Trinajstić information content (AvgIpc) is 2.37. The molecule has 0 bridgehead atoms. The van der Waals surface area contributed by atoms with Crippen LogP contribution in [0.25, 0.3) is 0 Å². The van der Waals surface area contributed by atoms with Crippen LogP contribution in [0.3, 0.4) is 0 Å². The van der Waals surface area contributed by atoms with E-state index in [9.17, 15) is 14.9 Å². The Kier molecular flexibility index (Phi) is 5.11. The van der Waals surface area contributed by atoms with E-state index in [2.05, 4.69) is 10.6 Å². The van der Waals surface area contributed by atoms with Crippen LogP contribution in [0.4, 0.5) is 11.4 Å². The summed E-state index contributed by atoms with van der Waals surface area (Å²) in [5, 5.41) is 16.4. The monoisotopic (exact) mass is 267 g/mol. The van der Waals surface area contributed by atoms with Crippen LogP contribution in [0.5, 0.6) is 5.75 Å². The summed E-state index contributed by atoms with van der Waals surface area (Å²) in [6.07, 6.45) is 0. The van der Waals surface area contributed by atoms with Crippen LogP contribution in [0.2, 0.25) is 0 Å². The summed E-state index contributed by atoms with van der Waals surface area (Å²) in [5.41, 5.74) is 0.0900. The molecular formula is C12H17N3O4. The highest BCUT2D eigenvalue weighted by molar-refractivity contribution is 5.85. The van der Waals surface area contributed by atoms with Gasteiger partial charge in [0.25, 0.3) is 0 Å². The molecule has 1 aromatic carbocycles. The van der Waals surface area contributed by atoms with E-state index in [-0.39, 0.29) is 23.0 Å². The number of likely N-dealkylation sites (N-methyl/N-ethyl adjacent to an activating group) is 1. The first-order chi connectivity index (χ1) is 9.01. The molecule has 19 heavy (non-hydrogen) atoms. The highest BCUT2D eigenvalue weighted by Crippen LogP contribution is 2.35. The van der Waals surface area contributed by atoms with E-state index in [1.165, 1.54) is 13.1 Å². The summed E-state index contributed by atoms with van der Waals surface area (Å²) in [5.74, 6) is -0.0716. The molecule has 1 amide bonds. The second-order valence-corrected chi connectivity index (χ2v) is 3.82. The average molecular weight is 267 g/mol. The lowest BCUT2D eigenvalue weighted by atomic mass is 10.2. The van der Waals surface area contributed by atoms with Crippen molar-refractivity contribution in [3.63, 3.8) is 0 Å². The lowest BCUT2D eigenvalue weighted by Gasteiger charge is -2.15. The van der Waals surface area contributed by atoms with Crippen molar-refractivity contribution in [2.75, 3.05) is 19.0 Å². The van der Waals surface area contributed by atoms with Crippen LogP contribution >= 0.6 is 0 Å². The number of hydrogen-bond donors (Lipinski definition) is 2. The number of nitrogens with one attached hydrogen (secondary N) is 2. The fraction of sp³-hybridized carbons (Fsp3) is 0.417. The van der Waals surface area contributed by atoms with Crippen LogP contribution in [0.15, 0.2) is 18.2 Å². The van der Waals surface area contributed by atoms with Gasteiger partial charge in [0, 0.05) is 7.05 Å². The van der Waals surface area contributed by atoms with Crippen molar-refractivity contribution < 1.29 is 14.5 Å². The number of para-hydroxylation sites is 1. The molecule has 0 aliphatic heterocycles. The molecule has 1 atom stereocenters. The van der Waals surface area contributed by atoms with Crippen molar-refractivity contribution in [3.8, 4) is 5.75 Å². The molecule has 7 heteroatoms. The molecule has 0 radical (unpaired) electrons. The van der Waals surface area contributed by atoms with Gasteiger partial charge in [-0.25, -0.2) is 0 Å². The largest absolute Gasteiger partial charge is 0.487 e. The lowest BCUT2D eigenvalue weighted by molar-refractivity contribution is -0.384. The molecule has 0 heterocycles. The van der Waals surface area contributed by atoms with E-state index < -0.39 is 11.0 Å². The Labute approximate surface area is 111 Å². The van der Waals surface area contributed by atoms with E-state index >= 15 is 0 Å². The Morgan fingerprint density at radius 1 is 1.53 bits per heavy atom. The number of hydrogen-bond acceptors (Lipinski definition) is 5. The summed E-state index contributed by atoms with van der Waals surface area (Å²) in [6.45, 7) is 3.70. The highest BCUT2D eigenvalue weighted by Gasteiger charge is 2.23. The maximum absolute atomic E-state index is 11.4. The van der Waals surface area contributed by atoms with Crippen molar-refractivity contribution in [3.05, 3.63) is 28.3 Å². The number of anilines is 1. The van der Waals surface area contributed by atoms with E-state index in [0.717, 1.165) is 0 Å². The van der Waals surface area contributed by atoms with Gasteiger partial charge in [0.05, 0.1) is 11.5 Å². The van der Waals surface area contributed by atoms with Gasteiger partial charge in [-0.2, -0.15) is 0 Å². The molecule has 0 spiro atoms. The number of nitrogens with zero attached hydrogens (tertiary/aromatic N) is 1. The van der Waals surface area contributed by atoms with E-state index in [1.54, 1.807) is 26.0 Å². The Balaban J connectivity index is 3.09. The van der Waals surface area contributed by atoms with Crippen molar-refractivity contribution in [1.82, 2.24) is 5.32 Å². The van der Waals surface area contributed by atoms with E-state index in [1.807, 2.05) is 0 Å². The highest BCUT2D eigenvalue weighted by atomic mass is 16.6. The maximum atomic E-state index is 11.4. The Morgan fingerprint density at radius 2 is 2.21 bits per heavy atom. The molecule has 0 aromatic heterocycles. The maximum Gasteiger partial charge on any atom is 0.333 e. The molecule has 104 valence electrons. The van der Waals surface area contributed by atoms with Crippen LogP contribution in [0, 0.1) is 10.1 Å². The molecule has 0 saturated carbocycles. The fourth-order valence-corrected chi connectivity index (χ4v) is 1.61. The van der Waals surface area contributed by atoms with Gasteiger partial charge in [0.1, 0.15) is 11.7 Å². The quantitative estimate of drug-likeness (QED) is 0.602. The molecule has 7 nitrogen and oxygen atoms in total. The summed E-state index contributed by atoms with van der Waals surface area (Å²) in [7, 11) is 1.51. The van der Waals surface area contributed by atoms with Crippen molar-refractivity contribution in [2.24, 2.45) is 0 Å². The van der Waals surface area contributed by atoms with Crippen LogP contribution in [-0.2, 0) is 4.79 Å². The fourth-order valence-electron chi connectivity index (χ4n) is 1.61. The van der Waals surface area contributed by atoms with Gasteiger partial charge in [-0.15, -0.1) is 0 Å². The minimum atomic E-state index is -0.583. The first-order valence-electron chi connectivity index (χ1n) is 5.89. The van der Waals surface area contributed by atoms with Crippen molar-refractivity contribution in [1.29, 1.82) is 0 Å². The standard InChI is InChI=1S/C12H17N3O4/c1-4-19-10-7-5-6-9(11(10)15(17)18)14-8(2)12(16)13-3/h5-8,14H,4H2,1-3H3,(H,13,16). The summed E-state index contributed by atoms with van der Waals surface area (Å²) >= 11 is 0. The van der Waals surface area contributed by atoms with Crippen LogP contribution in [-0.4, -0.2) is 30.5 Å². The molecule has 1 unspecified atom stereocenters. The molecule has 0 fully saturated rings. The second kappa shape index (κ2) is 6.58. The van der Waals surface area contributed by atoms with Crippen molar-refractivity contribution >= 4 is 17.3 Å². The number of benzene rings is 1. The number of carbonyl (C=O) groups excluding carboxylic acids is 1. The number of nitro groups is 1. The smallest absolute Gasteiger partial charge is 0.333 e. The minimum Gasteiger partial charge on any atom is -0.487 e. The third-order valence-corrected chi connectivity index (χ3v) is 2.49. The Bertz CT molecular complexity index is 476. The molecule has 2 N–H and O–H groups in total. The molecular weight excluding hydrogens is 250 g/mol. The normalized spacial score (nSPS) is 11.5. The number of rotatable bonds is 6. The lowest BCUT2D eigenvalue weighted by Crippen LogP contribution is -2.35. The molecule has 0 aliphatic carbocycles. The second-order valence-electron chi connectivity index (χ2n) is 3.82. The van der Waals surface area contributed by atoms with Gasteiger partial charge >= 0.3 is 5.69 Å². The van der Waals surface area contributed by atoms with Gasteiger partial charge in [-0.3, -0.25) is 14.9 Å². The first-order valence-corrected chi connectivity index (χ1v) is 5.89. The number of carbonyl (C=O) groups is 1. The Morgan fingerprint density at radius 3 is 2.74 bits per heavy atom. The van der Waals surface area contributed by atoms with Crippen LogP contribution in [0.1, 0.15) is 13.8 Å². The number of ether oxygens (including phenoxy) is 1. The predicted octanol–water partition coefficient (Wildman–Crippen LogP) is 1.54. The zero-order valence-electron chi connectivity index (χ0n) is 11.1.